The minimum atomic E-state index is -4.44. The van der Waals surface area contributed by atoms with Crippen molar-refractivity contribution in [3.8, 4) is 11.1 Å². The molecule has 2 amide bonds. The number of hydrogen-bond acceptors (Lipinski definition) is 3. The molecule has 2 aromatic heterocycles. The Kier molecular flexibility index (Phi) is 7.38. The molecule has 2 heterocycles. The van der Waals surface area contributed by atoms with Gasteiger partial charge in [0, 0.05) is 46.5 Å². The van der Waals surface area contributed by atoms with E-state index in [-0.39, 0.29) is 5.91 Å². The van der Waals surface area contributed by atoms with Gasteiger partial charge in [-0.2, -0.15) is 13.2 Å². The first-order valence-corrected chi connectivity index (χ1v) is 13.6. The summed E-state index contributed by atoms with van der Waals surface area (Å²) in [6, 6.07) is 26.4. The highest BCUT2D eigenvalue weighted by Gasteiger charge is 2.30. The fraction of sp³-hybridized carbons (Fsp3) is 0.0882. The van der Waals surface area contributed by atoms with E-state index in [0.29, 0.717) is 46.4 Å². The number of para-hydroxylation sites is 1. The number of pyridine rings is 1. The molecule has 0 aliphatic rings. The van der Waals surface area contributed by atoms with Crippen molar-refractivity contribution in [3.05, 3.63) is 132 Å². The van der Waals surface area contributed by atoms with E-state index in [9.17, 15) is 22.8 Å². The van der Waals surface area contributed by atoms with Gasteiger partial charge in [-0.05, 0) is 65.6 Å². The molecule has 0 saturated heterocycles. The van der Waals surface area contributed by atoms with Gasteiger partial charge in [-0.25, -0.2) is 0 Å². The second kappa shape index (κ2) is 11.4. The topological polar surface area (TPSA) is 86.9 Å². The van der Waals surface area contributed by atoms with E-state index in [2.05, 4.69) is 20.6 Å². The Hall–Kier alpha value is -5.44. The molecule has 6 aromatic rings. The molecule has 43 heavy (non-hydrogen) atoms. The fourth-order valence-corrected chi connectivity index (χ4v) is 5.04. The number of benzene rings is 4. The normalized spacial score (nSPS) is 11.5. The second-order valence-corrected chi connectivity index (χ2v) is 10.1. The van der Waals surface area contributed by atoms with Crippen molar-refractivity contribution in [3.63, 3.8) is 0 Å². The van der Waals surface area contributed by atoms with Crippen molar-refractivity contribution < 1.29 is 22.8 Å². The van der Waals surface area contributed by atoms with Gasteiger partial charge in [0.1, 0.15) is 0 Å². The second-order valence-electron chi connectivity index (χ2n) is 10.1. The number of nitrogens with zero attached hydrogens (tertiary/aromatic N) is 1. The number of carbonyl (C=O) groups is 2. The van der Waals surface area contributed by atoms with Crippen LogP contribution in [0.5, 0.6) is 0 Å². The van der Waals surface area contributed by atoms with E-state index < -0.39 is 17.6 Å². The van der Waals surface area contributed by atoms with Crippen LogP contribution in [0.3, 0.4) is 0 Å². The molecule has 0 fully saturated rings. The minimum Gasteiger partial charge on any atom is -0.361 e. The monoisotopic (exact) mass is 578 g/mol. The first-order chi connectivity index (χ1) is 20.8. The summed E-state index contributed by atoms with van der Waals surface area (Å²) in [7, 11) is 0. The lowest BCUT2D eigenvalue weighted by Gasteiger charge is -2.12. The van der Waals surface area contributed by atoms with Crippen molar-refractivity contribution in [2.45, 2.75) is 12.6 Å². The van der Waals surface area contributed by atoms with Crippen molar-refractivity contribution in [1.82, 2.24) is 15.3 Å². The zero-order valence-electron chi connectivity index (χ0n) is 22.7. The average Bonchev–Trinajstić information content (AvgIpc) is 3.43. The summed E-state index contributed by atoms with van der Waals surface area (Å²) in [5.41, 5.74) is 4.24. The van der Waals surface area contributed by atoms with Gasteiger partial charge in [-0.15, -0.1) is 0 Å². The lowest BCUT2D eigenvalue weighted by atomic mass is 9.98. The Labute approximate surface area is 244 Å². The van der Waals surface area contributed by atoms with Gasteiger partial charge >= 0.3 is 6.18 Å². The van der Waals surface area contributed by atoms with E-state index in [4.69, 9.17) is 0 Å². The van der Waals surface area contributed by atoms with Crippen molar-refractivity contribution in [2.75, 3.05) is 11.9 Å². The smallest absolute Gasteiger partial charge is 0.361 e. The molecule has 0 radical (unpaired) electrons. The van der Waals surface area contributed by atoms with E-state index in [0.717, 1.165) is 34.0 Å². The van der Waals surface area contributed by atoms with Crippen LogP contribution in [0, 0.1) is 0 Å². The van der Waals surface area contributed by atoms with E-state index in [1.165, 1.54) is 18.3 Å². The van der Waals surface area contributed by atoms with Gasteiger partial charge in [0.15, 0.2) is 0 Å². The van der Waals surface area contributed by atoms with Crippen LogP contribution in [0.1, 0.15) is 31.8 Å². The molecule has 0 saturated carbocycles. The van der Waals surface area contributed by atoms with E-state index in [1.807, 2.05) is 30.5 Å². The highest BCUT2D eigenvalue weighted by Crippen LogP contribution is 2.32. The van der Waals surface area contributed by atoms with Crippen LogP contribution in [-0.2, 0) is 12.6 Å². The maximum Gasteiger partial charge on any atom is 0.416 e. The number of nitrogens with one attached hydrogen (secondary N) is 3. The number of aromatic amines is 1. The molecule has 0 aliphatic carbocycles. The Balaban J connectivity index is 1.13. The molecule has 214 valence electrons. The Bertz CT molecular complexity index is 1960. The predicted molar refractivity (Wildman–Crippen MR) is 161 cm³/mol. The van der Waals surface area contributed by atoms with Gasteiger partial charge in [0.2, 0.25) is 0 Å². The maximum absolute atomic E-state index is 13.2. The molecule has 6 nitrogen and oxygen atoms in total. The zero-order chi connectivity index (χ0) is 30.0. The summed E-state index contributed by atoms with van der Waals surface area (Å²) in [6.07, 6.45) is -0.308. The third kappa shape index (κ3) is 5.97. The van der Waals surface area contributed by atoms with Crippen LogP contribution in [0.4, 0.5) is 18.9 Å². The predicted octanol–water partition coefficient (Wildman–Crippen LogP) is 7.63. The number of aromatic nitrogens is 2. The number of fused-ring (bicyclic) bond motifs is 2. The van der Waals surface area contributed by atoms with Crippen molar-refractivity contribution in [1.29, 1.82) is 0 Å². The summed E-state index contributed by atoms with van der Waals surface area (Å²) in [6.45, 7) is 0.470. The average molecular weight is 579 g/mol. The third-order valence-corrected chi connectivity index (χ3v) is 7.25. The highest BCUT2D eigenvalue weighted by atomic mass is 19.4. The number of H-pyrrole nitrogens is 1. The summed E-state index contributed by atoms with van der Waals surface area (Å²) in [5, 5.41) is 7.66. The van der Waals surface area contributed by atoms with Gasteiger partial charge in [0.25, 0.3) is 11.8 Å². The number of halogens is 3. The lowest BCUT2D eigenvalue weighted by Crippen LogP contribution is -2.25. The zero-order valence-corrected chi connectivity index (χ0v) is 22.7. The molecular weight excluding hydrogens is 553 g/mol. The molecule has 6 rings (SSSR count). The molecule has 0 spiro atoms. The van der Waals surface area contributed by atoms with Crippen LogP contribution < -0.4 is 10.6 Å². The number of rotatable bonds is 7. The lowest BCUT2D eigenvalue weighted by molar-refractivity contribution is -0.137. The fourth-order valence-electron chi connectivity index (χ4n) is 5.04. The van der Waals surface area contributed by atoms with Gasteiger partial charge in [-0.1, -0.05) is 54.6 Å². The molecule has 4 aromatic carbocycles. The number of alkyl halides is 3. The Morgan fingerprint density at radius 3 is 2.42 bits per heavy atom. The summed E-state index contributed by atoms with van der Waals surface area (Å²) >= 11 is 0. The molecule has 0 bridgehead atoms. The molecule has 9 heteroatoms. The number of carbonyl (C=O) groups excluding carboxylic acids is 2. The Morgan fingerprint density at radius 2 is 1.60 bits per heavy atom. The van der Waals surface area contributed by atoms with Gasteiger partial charge in [-0.3, -0.25) is 14.6 Å². The number of hydrogen-bond donors (Lipinski definition) is 3. The number of amides is 2. The first-order valence-electron chi connectivity index (χ1n) is 13.6. The van der Waals surface area contributed by atoms with Crippen LogP contribution >= 0.6 is 0 Å². The quantitative estimate of drug-likeness (QED) is 0.182. The van der Waals surface area contributed by atoms with Crippen molar-refractivity contribution >= 4 is 39.3 Å². The van der Waals surface area contributed by atoms with E-state index >= 15 is 0 Å². The van der Waals surface area contributed by atoms with Crippen LogP contribution in [0.15, 0.2) is 109 Å². The molecule has 3 N–H and O–H groups in total. The highest BCUT2D eigenvalue weighted by molar-refractivity contribution is 6.09. The maximum atomic E-state index is 13.2. The summed E-state index contributed by atoms with van der Waals surface area (Å²) in [4.78, 5) is 33.7. The third-order valence-electron chi connectivity index (χ3n) is 7.25. The molecule has 0 unspecified atom stereocenters. The van der Waals surface area contributed by atoms with Gasteiger partial charge in [0.05, 0.1) is 16.6 Å². The summed E-state index contributed by atoms with van der Waals surface area (Å²) < 4.78 is 39.0. The largest absolute Gasteiger partial charge is 0.416 e. The minimum absolute atomic E-state index is 0.230. The molecule has 0 aliphatic heterocycles. The standard InChI is InChI=1S/C34H25F3N4O2/c35-34(36,37)25-12-9-21(10-13-25)27-5-1-2-7-29(27)33(43)41-26-14-11-22-17-24(20-40-31(22)18-26)32(42)38-16-15-23-19-39-30-8-4-3-6-28(23)30/h1-14,17-20,39H,15-16H2,(H,38,42)(H,41,43). The first kappa shape index (κ1) is 27.7. The Morgan fingerprint density at radius 1 is 0.837 bits per heavy atom. The van der Waals surface area contributed by atoms with Gasteiger partial charge < -0.3 is 15.6 Å². The van der Waals surface area contributed by atoms with Crippen LogP contribution in [0.2, 0.25) is 0 Å². The van der Waals surface area contributed by atoms with E-state index in [1.54, 1.807) is 48.5 Å². The SMILES string of the molecule is O=C(NCCc1c[nH]c2ccccc12)c1cnc2cc(NC(=O)c3ccccc3-c3ccc(C(F)(F)F)cc3)ccc2c1. The summed E-state index contributed by atoms with van der Waals surface area (Å²) in [5.74, 6) is -0.646. The van der Waals surface area contributed by atoms with Crippen LogP contribution in [0.25, 0.3) is 32.9 Å². The molecule has 0 atom stereocenters. The van der Waals surface area contributed by atoms with Crippen molar-refractivity contribution in [2.24, 2.45) is 0 Å². The molecular formula is C34H25F3N4O2. The number of anilines is 1. The van der Waals surface area contributed by atoms with Crippen LogP contribution in [-0.4, -0.2) is 28.3 Å².